The largest absolute Gasteiger partial charge is 0.236 e. The van der Waals surface area contributed by atoms with Gasteiger partial charge in [0.25, 0.3) is 0 Å². The van der Waals surface area contributed by atoms with E-state index in [1.165, 1.54) is 37.4 Å². The van der Waals surface area contributed by atoms with Crippen molar-refractivity contribution in [3.05, 3.63) is 48.5 Å². The molecule has 2 atom stereocenters. The van der Waals surface area contributed by atoms with E-state index in [0.29, 0.717) is 0 Å². The molecule has 21 heavy (non-hydrogen) atoms. The molecule has 0 amide bonds. The van der Waals surface area contributed by atoms with Gasteiger partial charge in [0.2, 0.25) is 0 Å². The van der Waals surface area contributed by atoms with Gasteiger partial charge in [-0.05, 0) is 62.4 Å². The normalized spacial score (nSPS) is 13.9. The second-order valence-electron chi connectivity index (χ2n) is 4.37. The summed E-state index contributed by atoms with van der Waals surface area (Å²) >= 11 is 4.05. The highest BCUT2D eigenvalue weighted by Crippen LogP contribution is 2.32. The third-order valence-electron chi connectivity index (χ3n) is 2.48. The van der Waals surface area contributed by atoms with Gasteiger partial charge >= 0.3 is 0 Å². The van der Waals surface area contributed by atoms with Gasteiger partial charge in [0.05, 0.1) is 0 Å². The molecule has 2 aromatic rings. The molecule has 0 N–H and O–H groups in total. The highest BCUT2D eigenvalue weighted by molar-refractivity contribution is 8.00. The van der Waals surface area contributed by atoms with Gasteiger partial charge in [0.15, 0.2) is 0 Å². The Morgan fingerprint density at radius 1 is 0.619 bits per heavy atom. The van der Waals surface area contributed by atoms with Gasteiger partial charge < -0.3 is 0 Å². The maximum absolute atomic E-state index is 12.9. The van der Waals surface area contributed by atoms with E-state index in [9.17, 15) is 8.78 Å². The summed E-state index contributed by atoms with van der Waals surface area (Å²) in [4.78, 5) is 4.06. The summed E-state index contributed by atoms with van der Waals surface area (Å²) in [6, 6.07) is 15.7. The van der Waals surface area contributed by atoms with Crippen molar-refractivity contribution in [2.45, 2.75) is 44.4 Å². The van der Waals surface area contributed by atoms with E-state index in [1.54, 1.807) is 11.8 Å². The predicted octanol–water partition coefficient (Wildman–Crippen LogP) is 6.65. The van der Waals surface area contributed by atoms with E-state index in [2.05, 4.69) is 0 Å². The molecule has 0 bridgehead atoms. The number of hydrogen-bond donors (Lipinski definition) is 0. The number of rotatable bonds is 6. The Labute approximate surface area is 137 Å². The van der Waals surface area contributed by atoms with Crippen molar-refractivity contribution in [3.8, 4) is 0 Å². The zero-order valence-corrected chi connectivity index (χ0v) is 14.2. The number of halogens is 2. The van der Waals surface area contributed by atoms with Crippen LogP contribution in [0, 0.1) is 0 Å². The Morgan fingerprint density at radius 3 is 1.19 bits per heavy atom. The minimum atomic E-state index is -0.897. The second-order valence-corrected chi connectivity index (χ2v) is 8.23. The Bertz CT molecular complexity index is 499. The minimum absolute atomic E-state index is 0.897. The van der Waals surface area contributed by atoms with Crippen molar-refractivity contribution in [2.75, 3.05) is 0 Å². The lowest BCUT2D eigenvalue weighted by molar-refractivity contribution is 0.483. The van der Waals surface area contributed by atoms with E-state index in [4.69, 9.17) is 0 Å². The molecule has 0 saturated carbocycles. The van der Waals surface area contributed by atoms with Crippen molar-refractivity contribution < 1.29 is 8.78 Å². The summed E-state index contributed by atoms with van der Waals surface area (Å²) in [5.41, 5.74) is -1.79. The van der Waals surface area contributed by atoms with Gasteiger partial charge in [0, 0.05) is 19.6 Å². The Hall–Kier alpha value is -0.650. The first-order valence-electron chi connectivity index (χ1n) is 6.52. The molecular weight excluding hydrogens is 326 g/mol. The van der Waals surface area contributed by atoms with Crippen LogP contribution in [0.3, 0.4) is 0 Å². The molecule has 0 heterocycles. The molecule has 0 nitrogen and oxygen atoms in total. The molecule has 0 aliphatic heterocycles. The van der Waals surface area contributed by atoms with Gasteiger partial charge in [-0.1, -0.05) is 35.3 Å². The van der Waals surface area contributed by atoms with Crippen LogP contribution in [0.1, 0.15) is 13.8 Å². The smallest absolute Gasteiger partial charge is 0.147 e. The van der Waals surface area contributed by atoms with E-state index >= 15 is 0 Å². The summed E-state index contributed by atoms with van der Waals surface area (Å²) < 4.78 is 25.8. The molecule has 112 valence electrons. The number of hydrogen-bond acceptors (Lipinski definition) is 3. The van der Waals surface area contributed by atoms with Crippen molar-refractivity contribution in [1.82, 2.24) is 0 Å². The molecule has 0 spiro atoms. The average Bonchev–Trinajstić information content (AvgIpc) is 2.42. The summed E-state index contributed by atoms with van der Waals surface area (Å²) in [6.07, 6.45) is 0. The summed E-state index contributed by atoms with van der Waals surface area (Å²) in [5.74, 6) is 0. The Balaban J connectivity index is 1.97. The summed E-state index contributed by atoms with van der Waals surface area (Å²) in [6.45, 7) is 3.07. The van der Waals surface area contributed by atoms with Crippen molar-refractivity contribution in [1.29, 1.82) is 0 Å². The lowest BCUT2D eigenvalue weighted by atomic mass is 10.4. The fourth-order valence-corrected chi connectivity index (χ4v) is 3.84. The van der Waals surface area contributed by atoms with Crippen molar-refractivity contribution >= 4 is 35.3 Å². The van der Waals surface area contributed by atoms with Gasteiger partial charge in [0.1, 0.15) is 11.0 Å². The quantitative estimate of drug-likeness (QED) is 0.539. The van der Waals surface area contributed by atoms with Crippen LogP contribution in [0.4, 0.5) is 8.78 Å². The summed E-state index contributed by atoms with van der Waals surface area (Å²) in [7, 11) is 0. The van der Waals surface area contributed by atoms with Gasteiger partial charge in [-0.2, -0.15) is 0 Å². The van der Waals surface area contributed by atoms with E-state index < -0.39 is 11.0 Å². The maximum atomic E-state index is 12.9. The van der Waals surface area contributed by atoms with Crippen LogP contribution >= 0.6 is 35.3 Å². The Morgan fingerprint density at radius 2 is 0.905 bits per heavy atom. The van der Waals surface area contributed by atoms with Crippen LogP contribution in [-0.4, -0.2) is 11.0 Å². The monoisotopic (exact) mass is 342 g/mol. The van der Waals surface area contributed by atoms with Gasteiger partial charge in [-0.25, -0.2) is 8.78 Å². The maximum Gasteiger partial charge on any atom is 0.147 e. The molecule has 0 aromatic heterocycles. The predicted molar refractivity (Wildman–Crippen MR) is 89.9 cm³/mol. The fraction of sp³-hybridized carbons (Fsp3) is 0.250. The first-order valence-corrected chi connectivity index (χ1v) is 9.10. The highest BCUT2D eigenvalue weighted by atomic mass is 32.2. The SMILES string of the molecule is CC(F)Sc1ccc(Sc2ccc(SC(C)F)cc2)cc1. The lowest BCUT2D eigenvalue weighted by Crippen LogP contribution is -1.84. The van der Waals surface area contributed by atoms with Crippen LogP contribution < -0.4 is 0 Å². The highest BCUT2D eigenvalue weighted by Gasteiger charge is 2.04. The molecule has 2 unspecified atom stereocenters. The van der Waals surface area contributed by atoms with E-state index in [-0.39, 0.29) is 0 Å². The van der Waals surface area contributed by atoms with Crippen LogP contribution in [0.25, 0.3) is 0 Å². The molecular formula is C16H16F2S3. The van der Waals surface area contributed by atoms with Crippen LogP contribution in [0.15, 0.2) is 68.1 Å². The molecule has 0 aliphatic rings. The third kappa shape index (κ3) is 5.93. The second kappa shape index (κ2) is 8.11. The topological polar surface area (TPSA) is 0 Å². The zero-order chi connectivity index (χ0) is 15.2. The van der Waals surface area contributed by atoms with Gasteiger partial charge in [-0.15, -0.1) is 0 Å². The number of thioether (sulfide) groups is 2. The first kappa shape index (κ1) is 16.7. The van der Waals surface area contributed by atoms with Gasteiger partial charge in [-0.3, -0.25) is 0 Å². The van der Waals surface area contributed by atoms with Crippen LogP contribution in [0.2, 0.25) is 0 Å². The average molecular weight is 343 g/mol. The number of benzene rings is 2. The lowest BCUT2D eigenvalue weighted by Gasteiger charge is -2.06. The third-order valence-corrected chi connectivity index (χ3v) is 5.23. The van der Waals surface area contributed by atoms with Crippen LogP contribution in [0.5, 0.6) is 0 Å². The van der Waals surface area contributed by atoms with Crippen molar-refractivity contribution in [2.24, 2.45) is 0 Å². The molecule has 2 aromatic carbocycles. The zero-order valence-electron chi connectivity index (χ0n) is 11.8. The standard InChI is InChI=1S/C16H16F2S3/c1-11(17)19-13-3-7-15(8-4-13)21-16-9-5-14(6-10-16)20-12(2)18/h3-12H,1-2H3. The Kier molecular flexibility index (Phi) is 6.45. The molecule has 0 fully saturated rings. The molecule has 5 heteroatoms. The summed E-state index contributed by atoms with van der Waals surface area (Å²) in [5, 5.41) is 0. The van der Waals surface area contributed by atoms with E-state index in [1.807, 2.05) is 48.5 Å². The van der Waals surface area contributed by atoms with Crippen molar-refractivity contribution in [3.63, 3.8) is 0 Å². The van der Waals surface area contributed by atoms with E-state index in [0.717, 1.165) is 19.6 Å². The molecule has 0 saturated heterocycles. The molecule has 0 radical (unpaired) electrons. The number of alkyl halides is 2. The van der Waals surface area contributed by atoms with Crippen LogP contribution in [-0.2, 0) is 0 Å². The first-order chi connectivity index (χ1) is 10.0. The molecule has 2 rings (SSSR count). The molecule has 0 aliphatic carbocycles. The minimum Gasteiger partial charge on any atom is -0.236 e. The fourth-order valence-electron chi connectivity index (χ4n) is 1.68.